The summed E-state index contributed by atoms with van der Waals surface area (Å²) in [5.74, 6) is -0.637. The molecule has 0 radical (unpaired) electrons. The van der Waals surface area contributed by atoms with Crippen molar-refractivity contribution in [1.29, 1.82) is 0 Å². The first kappa shape index (κ1) is 19.1. The maximum absolute atomic E-state index is 13.1. The third-order valence-electron chi connectivity index (χ3n) is 4.89. The third-order valence-corrected chi connectivity index (χ3v) is 8.54. The van der Waals surface area contributed by atoms with Crippen LogP contribution in [0.25, 0.3) is 5.57 Å². The van der Waals surface area contributed by atoms with Gasteiger partial charge < -0.3 is 4.90 Å². The van der Waals surface area contributed by atoms with E-state index in [1.54, 1.807) is 4.90 Å². The molecule has 2 saturated heterocycles. The first-order chi connectivity index (χ1) is 12.7. The maximum Gasteiger partial charge on any atom is 0.267 e. The van der Waals surface area contributed by atoms with Crippen LogP contribution in [0.3, 0.4) is 0 Å². The van der Waals surface area contributed by atoms with Crippen LogP contribution < -0.4 is 4.90 Å². The van der Waals surface area contributed by atoms with E-state index in [2.05, 4.69) is 15.9 Å². The molecule has 2 fully saturated rings. The predicted octanol–water partition coefficient (Wildman–Crippen LogP) is 2.57. The molecule has 0 saturated carbocycles. The van der Waals surface area contributed by atoms with Crippen LogP contribution in [0.1, 0.15) is 18.9 Å². The monoisotopic (exact) mass is 486 g/mol. The minimum Gasteiger partial charge on any atom is -0.308 e. The van der Waals surface area contributed by atoms with Gasteiger partial charge in [-0.3, -0.25) is 14.5 Å². The van der Waals surface area contributed by atoms with Gasteiger partial charge in [0.2, 0.25) is 0 Å². The van der Waals surface area contributed by atoms with Gasteiger partial charge in [0, 0.05) is 16.6 Å². The van der Waals surface area contributed by atoms with Crippen LogP contribution in [-0.4, -0.2) is 53.5 Å². The van der Waals surface area contributed by atoms with Gasteiger partial charge in [-0.25, -0.2) is 8.42 Å². The average molecular weight is 487 g/mol. The van der Waals surface area contributed by atoms with Gasteiger partial charge in [0.05, 0.1) is 33.7 Å². The van der Waals surface area contributed by atoms with Crippen molar-refractivity contribution in [2.75, 3.05) is 23.0 Å². The van der Waals surface area contributed by atoms with E-state index in [0.29, 0.717) is 28.4 Å². The number of thioether (sulfide) groups is 1. The molecule has 142 valence electrons. The molecule has 3 heterocycles. The molecule has 1 atom stereocenters. The molecule has 6 nitrogen and oxygen atoms in total. The second kappa shape index (κ2) is 6.68. The van der Waals surface area contributed by atoms with Crippen molar-refractivity contribution in [2.45, 2.75) is 19.4 Å². The molecule has 4 rings (SSSR count). The number of rotatable bonds is 2. The van der Waals surface area contributed by atoms with Crippen LogP contribution in [0.15, 0.2) is 27.6 Å². The zero-order valence-corrected chi connectivity index (χ0v) is 18.3. The maximum atomic E-state index is 13.1. The normalized spacial score (nSPS) is 27.0. The number of anilines is 1. The number of hydrogen-bond acceptors (Lipinski definition) is 6. The molecule has 0 aromatic heterocycles. The lowest BCUT2D eigenvalue weighted by molar-refractivity contribution is -0.123. The first-order valence-electron chi connectivity index (χ1n) is 8.35. The molecule has 2 amide bonds. The van der Waals surface area contributed by atoms with Crippen LogP contribution in [0.4, 0.5) is 5.69 Å². The van der Waals surface area contributed by atoms with E-state index in [1.165, 1.54) is 4.90 Å². The Kier molecular flexibility index (Phi) is 4.73. The van der Waals surface area contributed by atoms with Gasteiger partial charge in [0.15, 0.2) is 9.84 Å². The molecule has 0 N–H and O–H groups in total. The van der Waals surface area contributed by atoms with E-state index in [9.17, 15) is 18.0 Å². The highest BCUT2D eigenvalue weighted by Gasteiger charge is 2.46. The molecular formula is C17H15BrN2O4S3. The van der Waals surface area contributed by atoms with Gasteiger partial charge in [-0.2, -0.15) is 0 Å². The summed E-state index contributed by atoms with van der Waals surface area (Å²) in [5, 5.41) is 0. The van der Waals surface area contributed by atoms with Crippen molar-refractivity contribution in [1.82, 2.24) is 4.90 Å². The standard InChI is InChI=1S/C17H15BrN2O4S3/c1-2-19-12-4-3-9(18)7-11(12)13(15(19)21)14-16(22)20(17(25)26-14)10-5-6-27(23,24)8-10/h3-4,7,10H,2,5-6,8H2,1H3/b14-13-/t10-/m0/s1. The first-order valence-corrected chi connectivity index (χ1v) is 12.2. The van der Waals surface area contributed by atoms with Crippen LogP contribution in [-0.2, 0) is 19.4 Å². The number of nitrogens with zero attached hydrogens (tertiary/aromatic N) is 2. The third kappa shape index (κ3) is 3.06. The Morgan fingerprint density at radius 2 is 2.04 bits per heavy atom. The molecule has 0 unspecified atom stereocenters. The summed E-state index contributed by atoms with van der Waals surface area (Å²) in [7, 11) is -3.15. The molecule has 27 heavy (non-hydrogen) atoms. The molecular weight excluding hydrogens is 472 g/mol. The number of halogens is 1. The smallest absolute Gasteiger partial charge is 0.267 e. The SMILES string of the molecule is CCN1C(=O)/C(=C2\SC(=S)N([C@H]3CCS(=O)(=O)C3)C2=O)c2cc(Br)ccc21. The Balaban J connectivity index is 1.80. The zero-order valence-electron chi connectivity index (χ0n) is 14.3. The number of fused-ring (bicyclic) bond motifs is 1. The van der Waals surface area contributed by atoms with E-state index >= 15 is 0 Å². The molecule has 0 spiro atoms. The Hall–Kier alpha value is -1.23. The Morgan fingerprint density at radius 3 is 2.67 bits per heavy atom. The average Bonchev–Trinajstić information content (AvgIpc) is 3.18. The summed E-state index contributed by atoms with van der Waals surface area (Å²) in [4.78, 5) is 29.4. The summed E-state index contributed by atoms with van der Waals surface area (Å²) >= 11 is 9.87. The summed E-state index contributed by atoms with van der Waals surface area (Å²) in [6.45, 7) is 2.36. The highest BCUT2D eigenvalue weighted by Crippen LogP contribution is 2.46. The number of thiocarbonyl (C=S) groups is 1. The highest BCUT2D eigenvalue weighted by molar-refractivity contribution is 9.10. The van der Waals surface area contributed by atoms with E-state index in [0.717, 1.165) is 21.9 Å². The van der Waals surface area contributed by atoms with Crippen molar-refractivity contribution in [3.63, 3.8) is 0 Å². The summed E-state index contributed by atoms with van der Waals surface area (Å²) in [6, 6.07) is 5.07. The lowest BCUT2D eigenvalue weighted by atomic mass is 10.1. The molecule has 0 aliphatic carbocycles. The highest BCUT2D eigenvalue weighted by atomic mass is 79.9. The van der Waals surface area contributed by atoms with Crippen molar-refractivity contribution in [3.8, 4) is 0 Å². The quantitative estimate of drug-likeness (QED) is 0.472. The fourth-order valence-electron chi connectivity index (χ4n) is 3.66. The van der Waals surface area contributed by atoms with Crippen LogP contribution in [0.2, 0.25) is 0 Å². The molecule has 0 bridgehead atoms. The number of carbonyl (C=O) groups excluding carboxylic acids is 2. The van der Waals surface area contributed by atoms with Crippen LogP contribution >= 0.6 is 39.9 Å². The molecule has 1 aromatic rings. The van der Waals surface area contributed by atoms with Gasteiger partial charge in [0.25, 0.3) is 11.8 Å². The molecule has 3 aliphatic rings. The Bertz CT molecular complexity index is 1030. The van der Waals surface area contributed by atoms with Crippen molar-refractivity contribution >= 4 is 77.1 Å². The van der Waals surface area contributed by atoms with Crippen molar-refractivity contribution < 1.29 is 18.0 Å². The largest absolute Gasteiger partial charge is 0.308 e. The lowest BCUT2D eigenvalue weighted by Gasteiger charge is -2.21. The van der Waals surface area contributed by atoms with E-state index < -0.39 is 15.9 Å². The number of amides is 2. The van der Waals surface area contributed by atoms with Gasteiger partial charge in [-0.05, 0) is 31.5 Å². The second-order valence-corrected chi connectivity index (χ2v) is 11.3. The number of carbonyl (C=O) groups is 2. The van der Waals surface area contributed by atoms with Gasteiger partial charge in [-0.1, -0.05) is 39.9 Å². The van der Waals surface area contributed by atoms with Gasteiger partial charge in [-0.15, -0.1) is 0 Å². The lowest BCUT2D eigenvalue weighted by Crippen LogP contribution is -2.39. The van der Waals surface area contributed by atoms with Crippen molar-refractivity contribution in [3.05, 3.63) is 33.1 Å². The molecule has 1 aromatic carbocycles. The van der Waals surface area contributed by atoms with E-state index in [1.807, 2.05) is 25.1 Å². The summed E-state index contributed by atoms with van der Waals surface area (Å²) < 4.78 is 24.8. The van der Waals surface area contributed by atoms with Crippen LogP contribution in [0, 0.1) is 0 Å². The van der Waals surface area contributed by atoms with E-state index in [-0.39, 0.29) is 28.2 Å². The number of hydrogen-bond donors (Lipinski definition) is 0. The fourth-order valence-corrected chi connectivity index (χ4v) is 7.19. The molecule has 3 aliphatic heterocycles. The van der Waals surface area contributed by atoms with Crippen LogP contribution in [0.5, 0.6) is 0 Å². The minimum absolute atomic E-state index is 0.0545. The number of likely N-dealkylation sites (N-methyl/N-ethyl adjacent to an activating group) is 1. The summed E-state index contributed by atoms with van der Waals surface area (Å²) in [6.07, 6.45) is 0.370. The Morgan fingerprint density at radius 1 is 1.30 bits per heavy atom. The number of benzene rings is 1. The Labute approximate surface area is 175 Å². The fraction of sp³-hybridized carbons (Fsp3) is 0.353. The number of sulfone groups is 1. The van der Waals surface area contributed by atoms with Crippen molar-refractivity contribution in [2.24, 2.45) is 0 Å². The predicted molar refractivity (Wildman–Crippen MR) is 113 cm³/mol. The van der Waals surface area contributed by atoms with Gasteiger partial charge in [0.1, 0.15) is 4.32 Å². The zero-order chi connectivity index (χ0) is 19.5. The second-order valence-electron chi connectivity index (χ2n) is 6.51. The van der Waals surface area contributed by atoms with E-state index in [4.69, 9.17) is 12.2 Å². The minimum atomic E-state index is -3.15. The van der Waals surface area contributed by atoms with Gasteiger partial charge >= 0.3 is 0 Å². The summed E-state index contributed by atoms with van der Waals surface area (Å²) in [5.41, 5.74) is 1.79. The molecule has 10 heteroatoms. The topological polar surface area (TPSA) is 74.8 Å².